The normalized spacial score (nSPS) is 10.9. The van der Waals surface area contributed by atoms with Gasteiger partial charge < -0.3 is 5.32 Å². The molecule has 1 aromatic carbocycles. The predicted molar refractivity (Wildman–Crippen MR) is 109 cm³/mol. The fourth-order valence-corrected chi connectivity index (χ4v) is 3.23. The number of benzene rings is 1. The van der Waals surface area contributed by atoms with Gasteiger partial charge in [0.15, 0.2) is 0 Å². The molecule has 152 valence electrons. The first-order valence-corrected chi connectivity index (χ1v) is 9.33. The maximum absolute atomic E-state index is 12.4. The Morgan fingerprint density at radius 1 is 1.14 bits per heavy atom. The van der Waals surface area contributed by atoms with Gasteiger partial charge in [-0.05, 0) is 38.8 Å². The molecule has 2 heterocycles. The van der Waals surface area contributed by atoms with Crippen molar-refractivity contribution in [1.29, 1.82) is 0 Å². The monoisotopic (exact) mass is 396 g/mol. The van der Waals surface area contributed by atoms with Crippen molar-refractivity contribution in [2.45, 2.75) is 47.2 Å². The molecular weight excluding hydrogens is 372 g/mol. The van der Waals surface area contributed by atoms with Gasteiger partial charge in [-0.3, -0.25) is 24.3 Å². The van der Waals surface area contributed by atoms with E-state index in [2.05, 4.69) is 34.6 Å². The van der Waals surface area contributed by atoms with E-state index in [4.69, 9.17) is 0 Å². The van der Waals surface area contributed by atoms with E-state index in [1.54, 1.807) is 6.92 Å². The van der Waals surface area contributed by atoms with Gasteiger partial charge in [-0.15, -0.1) is 0 Å². The number of nitrogens with zero attached hydrogens (tertiary/aromatic N) is 5. The van der Waals surface area contributed by atoms with Gasteiger partial charge in [0.2, 0.25) is 5.91 Å². The largest absolute Gasteiger partial charge is 0.323 e. The molecule has 0 atom stereocenters. The first-order chi connectivity index (χ1) is 13.8. The summed E-state index contributed by atoms with van der Waals surface area (Å²) < 4.78 is 3.35. The molecule has 0 unspecified atom stereocenters. The van der Waals surface area contributed by atoms with E-state index >= 15 is 0 Å². The van der Waals surface area contributed by atoms with Crippen molar-refractivity contribution in [3.8, 4) is 0 Å². The summed E-state index contributed by atoms with van der Waals surface area (Å²) in [6.07, 6.45) is 1.36. The summed E-state index contributed by atoms with van der Waals surface area (Å²) in [5, 5.41) is 22.4. The number of carbonyl (C=O) groups excluding carboxylic acids is 1. The lowest BCUT2D eigenvalue weighted by atomic mass is 10.1. The van der Waals surface area contributed by atoms with Crippen LogP contribution in [0, 0.1) is 37.8 Å². The molecule has 2 aromatic heterocycles. The van der Waals surface area contributed by atoms with Crippen LogP contribution in [0.1, 0.15) is 34.6 Å². The molecule has 0 radical (unpaired) electrons. The molecule has 0 saturated heterocycles. The van der Waals surface area contributed by atoms with Gasteiger partial charge in [-0.1, -0.05) is 24.3 Å². The van der Waals surface area contributed by atoms with Crippen molar-refractivity contribution in [1.82, 2.24) is 19.6 Å². The van der Waals surface area contributed by atoms with Crippen molar-refractivity contribution in [3.63, 3.8) is 0 Å². The molecular formula is C20H24N6O3. The van der Waals surface area contributed by atoms with E-state index in [1.165, 1.54) is 22.0 Å². The SMILES string of the molecule is Cc1ccccc1Cn1nc(C)c(NC(=O)CCn2ncc([N+](=O)[O-])c2C)c1C. The Labute approximate surface area is 168 Å². The molecule has 1 N–H and O–H groups in total. The zero-order valence-corrected chi connectivity index (χ0v) is 17.0. The fraction of sp³-hybridized carbons (Fsp3) is 0.350. The smallest absolute Gasteiger partial charge is 0.309 e. The van der Waals surface area contributed by atoms with Gasteiger partial charge in [0.05, 0.1) is 35.1 Å². The maximum Gasteiger partial charge on any atom is 0.309 e. The average Bonchev–Trinajstić information content (AvgIpc) is 3.16. The molecule has 3 aromatic rings. The molecule has 29 heavy (non-hydrogen) atoms. The second kappa shape index (κ2) is 8.26. The molecule has 0 fully saturated rings. The molecule has 0 aliphatic rings. The molecule has 0 saturated carbocycles. The summed E-state index contributed by atoms with van der Waals surface area (Å²) in [7, 11) is 0. The summed E-state index contributed by atoms with van der Waals surface area (Å²) >= 11 is 0. The lowest BCUT2D eigenvalue weighted by molar-refractivity contribution is -0.385. The van der Waals surface area contributed by atoms with Crippen LogP contribution in [-0.2, 0) is 17.9 Å². The highest BCUT2D eigenvalue weighted by Crippen LogP contribution is 2.22. The highest BCUT2D eigenvalue weighted by atomic mass is 16.6. The summed E-state index contributed by atoms with van der Waals surface area (Å²) in [5.74, 6) is -0.191. The van der Waals surface area contributed by atoms with Gasteiger partial charge in [0.25, 0.3) is 0 Å². The second-order valence-corrected chi connectivity index (χ2v) is 7.02. The first-order valence-electron chi connectivity index (χ1n) is 9.33. The Balaban J connectivity index is 1.67. The number of rotatable bonds is 7. The first kappa shape index (κ1) is 20.2. The van der Waals surface area contributed by atoms with E-state index in [1.807, 2.05) is 30.7 Å². The molecule has 9 heteroatoms. The lowest BCUT2D eigenvalue weighted by Crippen LogP contribution is -2.16. The zero-order chi connectivity index (χ0) is 21.1. The minimum Gasteiger partial charge on any atom is -0.323 e. The van der Waals surface area contributed by atoms with E-state index in [0.717, 1.165) is 11.4 Å². The van der Waals surface area contributed by atoms with Crippen LogP contribution in [0.5, 0.6) is 0 Å². The Kier molecular flexibility index (Phi) is 5.76. The number of hydrogen-bond donors (Lipinski definition) is 1. The molecule has 1 amide bonds. The second-order valence-electron chi connectivity index (χ2n) is 7.02. The third-order valence-corrected chi connectivity index (χ3v) is 5.05. The van der Waals surface area contributed by atoms with E-state index < -0.39 is 4.92 Å². The van der Waals surface area contributed by atoms with E-state index in [0.29, 0.717) is 17.9 Å². The number of aryl methyl sites for hydroxylation is 3. The highest BCUT2D eigenvalue weighted by molar-refractivity contribution is 5.91. The van der Waals surface area contributed by atoms with Crippen LogP contribution >= 0.6 is 0 Å². The number of nitrogens with one attached hydrogen (secondary N) is 1. The Morgan fingerprint density at radius 2 is 1.86 bits per heavy atom. The van der Waals surface area contributed by atoms with Gasteiger partial charge in [0, 0.05) is 6.42 Å². The molecule has 9 nitrogen and oxygen atoms in total. The minimum absolute atomic E-state index is 0.0467. The Morgan fingerprint density at radius 3 is 2.52 bits per heavy atom. The molecule has 0 aliphatic heterocycles. The quantitative estimate of drug-likeness (QED) is 0.487. The van der Waals surface area contributed by atoms with E-state index in [9.17, 15) is 14.9 Å². The topological polar surface area (TPSA) is 108 Å². The van der Waals surface area contributed by atoms with Crippen LogP contribution < -0.4 is 5.32 Å². The molecule has 3 rings (SSSR count). The summed E-state index contributed by atoms with van der Waals surface area (Å²) in [6.45, 7) is 8.36. The van der Waals surface area contributed by atoms with Gasteiger partial charge in [-0.25, -0.2) is 0 Å². The van der Waals surface area contributed by atoms with E-state index in [-0.39, 0.29) is 24.6 Å². The van der Waals surface area contributed by atoms with Crippen molar-refractivity contribution >= 4 is 17.3 Å². The van der Waals surface area contributed by atoms with Crippen LogP contribution in [0.15, 0.2) is 30.5 Å². The summed E-state index contributed by atoms with van der Waals surface area (Å²) in [5.41, 5.74) is 5.07. The number of anilines is 1. The highest BCUT2D eigenvalue weighted by Gasteiger charge is 2.18. The van der Waals surface area contributed by atoms with Crippen molar-refractivity contribution < 1.29 is 9.72 Å². The van der Waals surface area contributed by atoms with Crippen LogP contribution in [0.25, 0.3) is 0 Å². The maximum atomic E-state index is 12.4. The van der Waals surface area contributed by atoms with Gasteiger partial charge in [0.1, 0.15) is 11.9 Å². The summed E-state index contributed by atoms with van der Waals surface area (Å²) in [4.78, 5) is 22.9. The van der Waals surface area contributed by atoms with Crippen molar-refractivity contribution in [2.75, 3.05) is 5.32 Å². The standard InChI is InChI=1S/C20H24N6O3/c1-13-7-5-6-8-17(13)12-25-16(4)20(14(2)23-25)22-19(27)9-10-24-15(3)18(11-21-24)26(28)29/h5-8,11H,9-10,12H2,1-4H3,(H,22,27). The Hall–Kier alpha value is -3.49. The fourth-order valence-electron chi connectivity index (χ4n) is 3.23. The van der Waals surface area contributed by atoms with Crippen LogP contribution in [-0.4, -0.2) is 30.4 Å². The van der Waals surface area contributed by atoms with Crippen molar-refractivity contribution in [3.05, 3.63) is 68.8 Å². The lowest BCUT2D eigenvalue weighted by Gasteiger charge is -2.09. The third-order valence-electron chi connectivity index (χ3n) is 5.05. The van der Waals surface area contributed by atoms with Crippen LogP contribution in [0.2, 0.25) is 0 Å². The van der Waals surface area contributed by atoms with Crippen LogP contribution in [0.3, 0.4) is 0 Å². The number of nitro groups is 1. The zero-order valence-electron chi connectivity index (χ0n) is 17.0. The molecule has 0 spiro atoms. The Bertz CT molecular complexity index is 1070. The number of hydrogen-bond acceptors (Lipinski definition) is 5. The molecule has 0 bridgehead atoms. The molecule has 0 aliphatic carbocycles. The number of amides is 1. The van der Waals surface area contributed by atoms with Crippen molar-refractivity contribution in [2.24, 2.45) is 0 Å². The minimum atomic E-state index is -0.478. The summed E-state index contributed by atoms with van der Waals surface area (Å²) in [6, 6.07) is 8.13. The number of carbonyl (C=O) groups is 1. The van der Waals surface area contributed by atoms with Gasteiger partial charge in [-0.2, -0.15) is 10.2 Å². The number of aromatic nitrogens is 4. The van der Waals surface area contributed by atoms with Gasteiger partial charge >= 0.3 is 5.69 Å². The third kappa shape index (κ3) is 4.34. The predicted octanol–water partition coefficient (Wildman–Crippen LogP) is 3.30. The van der Waals surface area contributed by atoms with Crippen LogP contribution in [0.4, 0.5) is 11.4 Å². The average molecular weight is 396 g/mol.